The number of tetrazole rings is 1. The summed E-state index contributed by atoms with van der Waals surface area (Å²) in [6.07, 6.45) is 0. The van der Waals surface area contributed by atoms with Crippen LogP contribution in [-0.4, -0.2) is 25.4 Å². The summed E-state index contributed by atoms with van der Waals surface area (Å²) < 4.78 is 6.01. The highest BCUT2D eigenvalue weighted by Crippen LogP contribution is 2.17. The first kappa shape index (κ1) is 12.0. The van der Waals surface area contributed by atoms with Gasteiger partial charge >= 0.3 is 0 Å². The maximum atomic E-state index is 5.00. The van der Waals surface area contributed by atoms with Crippen molar-refractivity contribution < 1.29 is 4.52 Å². The van der Waals surface area contributed by atoms with Crippen LogP contribution in [0.5, 0.6) is 0 Å². The second-order valence-corrected chi connectivity index (χ2v) is 4.99. The average Bonchev–Trinajstić information content (AvgIpc) is 3.00. The molecule has 1 aromatic carbocycles. The van der Waals surface area contributed by atoms with Crippen molar-refractivity contribution in [3.05, 3.63) is 46.3 Å². The van der Waals surface area contributed by atoms with Crippen molar-refractivity contribution >= 4 is 15.9 Å². The molecule has 0 saturated heterocycles. The summed E-state index contributed by atoms with van der Waals surface area (Å²) in [5.74, 6) is 1.36. The molecular formula is C12H10BrN5O. The molecular weight excluding hydrogens is 310 g/mol. The summed E-state index contributed by atoms with van der Waals surface area (Å²) in [6.45, 7) is 2.29. The van der Waals surface area contributed by atoms with E-state index >= 15 is 0 Å². The topological polar surface area (TPSA) is 69.6 Å². The lowest BCUT2D eigenvalue weighted by Gasteiger charge is -1.94. The number of nitrogens with zero attached hydrogens (tertiary/aromatic N) is 5. The summed E-state index contributed by atoms with van der Waals surface area (Å²) in [7, 11) is 0. The Kier molecular flexibility index (Phi) is 3.12. The van der Waals surface area contributed by atoms with E-state index in [4.69, 9.17) is 4.52 Å². The zero-order chi connectivity index (χ0) is 13.2. The molecule has 6 nitrogen and oxygen atoms in total. The van der Waals surface area contributed by atoms with E-state index in [1.165, 1.54) is 4.80 Å². The van der Waals surface area contributed by atoms with Crippen LogP contribution < -0.4 is 0 Å². The van der Waals surface area contributed by atoms with Crippen molar-refractivity contribution in [1.82, 2.24) is 25.4 Å². The molecule has 2 aromatic heterocycles. The highest BCUT2D eigenvalue weighted by molar-refractivity contribution is 9.10. The zero-order valence-corrected chi connectivity index (χ0v) is 11.7. The van der Waals surface area contributed by atoms with Crippen molar-refractivity contribution in [2.75, 3.05) is 0 Å². The molecule has 0 aliphatic carbocycles. The third kappa shape index (κ3) is 2.70. The van der Waals surface area contributed by atoms with Crippen molar-refractivity contribution in [3.8, 4) is 11.4 Å². The van der Waals surface area contributed by atoms with Crippen LogP contribution in [0.4, 0.5) is 0 Å². The smallest absolute Gasteiger partial charge is 0.204 e. The summed E-state index contributed by atoms with van der Waals surface area (Å²) in [5, 5.41) is 16.2. The largest absolute Gasteiger partial charge is 0.361 e. The molecule has 0 bridgehead atoms. The molecule has 7 heteroatoms. The Bertz CT molecular complexity index is 688. The van der Waals surface area contributed by atoms with Gasteiger partial charge in [0.15, 0.2) is 0 Å². The molecule has 0 atom stereocenters. The first-order valence-electron chi connectivity index (χ1n) is 5.66. The van der Waals surface area contributed by atoms with Crippen LogP contribution in [0.1, 0.15) is 11.5 Å². The number of aromatic nitrogens is 5. The number of rotatable bonds is 3. The van der Waals surface area contributed by atoms with Gasteiger partial charge in [-0.05, 0) is 36.4 Å². The van der Waals surface area contributed by atoms with Crippen molar-refractivity contribution in [1.29, 1.82) is 0 Å². The second-order valence-electron chi connectivity index (χ2n) is 4.08. The zero-order valence-electron chi connectivity index (χ0n) is 10.1. The molecule has 0 aliphatic rings. The molecule has 0 spiro atoms. The van der Waals surface area contributed by atoms with E-state index in [-0.39, 0.29) is 0 Å². The van der Waals surface area contributed by atoms with Gasteiger partial charge in [-0.15, -0.1) is 10.2 Å². The maximum absolute atomic E-state index is 5.00. The predicted octanol–water partition coefficient (Wildman–Crippen LogP) is 2.45. The Morgan fingerprint density at radius 1 is 1.26 bits per heavy atom. The van der Waals surface area contributed by atoms with Gasteiger partial charge in [0.2, 0.25) is 5.82 Å². The van der Waals surface area contributed by atoms with E-state index in [1.54, 1.807) is 0 Å². The quantitative estimate of drug-likeness (QED) is 0.741. The monoisotopic (exact) mass is 319 g/mol. The van der Waals surface area contributed by atoms with Gasteiger partial charge in [0, 0.05) is 16.1 Å². The van der Waals surface area contributed by atoms with Crippen molar-refractivity contribution in [2.24, 2.45) is 0 Å². The summed E-state index contributed by atoms with van der Waals surface area (Å²) in [5.41, 5.74) is 1.70. The van der Waals surface area contributed by atoms with Crippen LogP contribution in [0.25, 0.3) is 11.4 Å². The molecule has 0 radical (unpaired) electrons. The highest BCUT2D eigenvalue weighted by Gasteiger charge is 2.08. The SMILES string of the molecule is Cc1cc(Cn2nnc(-c3ccc(Br)cc3)n2)no1. The number of hydrogen-bond donors (Lipinski definition) is 0. The fourth-order valence-electron chi connectivity index (χ4n) is 1.66. The maximum Gasteiger partial charge on any atom is 0.204 e. The van der Waals surface area contributed by atoms with Crippen LogP contribution in [0.3, 0.4) is 0 Å². The van der Waals surface area contributed by atoms with Crippen molar-refractivity contribution in [2.45, 2.75) is 13.5 Å². The Hall–Kier alpha value is -2.02. The Morgan fingerprint density at radius 2 is 2.05 bits per heavy atom. The lowest BCUT2D eigenvalue weighted by molar-refractivity contribution is 0.385. The number of halogens is 1. The van der Waals surface area contributed by atoms with Gasteiger partial charge in [-0.2, -0.15) is 4.80 Å². The number of aryl methyl sites for hydroxylation is 1. The molecule has 2 heterocycles. The standard InChI is InChI=1S/C12H10BrN5O/c1-8-6-11(16-19-8)7-18-15-12(14-17-18)9-2-4-10(13)5-3-9/h2-6H,7H2,1H3. The molecule has 3 aromatic rings. The van der Waals surface area contributed by atoms with Crippen LogP contribution in [0.2, 0.25) is 0 Å². The molecule has 19 heavy (non-hydrogen) atoms. The average molecular weight is 320 g/mol. The van der Waals surface area contributed by atoms with Crippen LogP contribution >= 0.6 is 15.9 Å². The minimum Gasteiger partial charge on any atom is -0.361 e. The second kappa shape index (κ2) is 4.93. The minimum absolute atomic E-state index is 0.445. The van der Waals surface area contributed by atoms with Gasteiger partial charge in [0.1, 0.15) is 18.0 Å². The van der Waals surface area contributed by atoms with Crippen LogP contribution in [0, 0.1) is 6.92 Å². The van der Waals surface area contributed by atoms with E-state index in [0.29, 0.717) is 12.4 Å². The van der Waals surface area contributed by atoms with Gasteiger partial charge in [0.05, 0.1) is 0 Å². The Balaban J connectivity index is 1.81. The molecule has 0 amide bonds. The van der Waals surface area contributed by atoms with E-state index in [9.17, 15) is 0 Å². The van der Waals surface area contributed by atoms with E-state index in [0.717, 1.165) is 21.5 Å². The first-order valence-corrected chi connectivity index (χ1v) is 6.46. The van der Waals surface area contributed by atoms with Gasteiger partial charge in [-0.1, -0.05) is 21.1 Å². The van der Waals surface area contributed by atoms with Gasteiger partial charge < -0.3 is 4.52 Å². The molecule has 0 saturated carbocycles. The first-order chi connectivity index (χ1) is 9.20. The molecule has 0 aliphatic heterocycles. The van der Waals surface area contributed by atoms with Gasteiger partial charge in [-0.3, -0.25) is 0 Å². The molecule has 0 N–H and O–H groups in total. The lowest BCUT2D eigenvalue weighted by atomic mass is 10.2. The van der Waals surface area contributed by atoms with E-state index in [2.05, 4.69) is 36.5 Å². The van der Waals surface area contributed by atoms with Crippen molar-refractivity contribution in [3.63, 3.8) is 0 Å². The Labute approximate surface area is 117 Å². The fraction of sp³-hybridized carbons (Fsp3) is 0.167. The fourth-order valence-corrected chi connectivity index (χ4v) is 1.93. The van der Waals surface area contributed by atoms with Gasteiger partial charge in [-0.25, -0.2) is 0 Å². The van der Waals surface area contributed by atoms with Gasteiger partial charge in [0.25, 0.3) is 0 Å². The van der Waals surface area contributed by atoms with Crippen LogP contribution in [0.15, 0.2) is 39.3 Å². The molecule has 0 fully saturated rings. The van der Waals surface area contributed by atoms with E-state index < -0.39 is 0 Å². The lowest BCUT2D eigenvalue weighted by Crippen LogP contribution is -2.04. The summed E-state index contributed by atoms with van der Waals surface area (Å²) in [4.78, 5) is 1.49. The molecule has 96 valence electrons. The molecule has 0 unspecified atom stereocenters. The van der Waals surface area contributed by atoms with E-state index in [1.807, 2.05) is 37.3 Å². The number of hydrogen-bond acceptors (Lipinski definition) is 5. The highest BCUT2D eigenvalue weighted by atomic mass is 79.9. The normalized spacial score (nSPS) is 10.8. The summed E-state index contributed by atoms with van der Waals surface area (Å²) >= 11 is 3.39. The minimum atomic E-state index is 0.445. The Morgan fingerprint density at radius 3 is 2.74 bits per heavy atom. The predicted molar refractivity (Wildman–Crippen MR) is 71.3 cm³/mol. The summed E-state index contributed by atoms with van der Waals surface area (Å²) in [6, 6.07) is 9.61. The molecule has 3 rings (SSSR count). The van der Waals surface area contributed by atoms with Crippen LogP contribution in [-0.2, 0) is 6.54 Å². The third-order valence-corrected chi connectivity index (χ3v) is 3.06. The third-order valence-electron chi connectivity index (χ3n) is 2.54. The number of benzene rings is 1.